The minimum atomic E-state index is -0.755. The second kappa shape index (κ2) is 9.00. The van der Waals surface area contributed by atoms with Crippen molar-refractivity contribution >= 4 is 11.4 Å². The molecule has 1 unspecified atom stereocenters. The van der Waals surface area contributed by atoms with Crippen LogP contribution in [0.2, 0.25) is 0 Å². The predicted octanol–water partition coefficient (Wildman–Crippen LogP) is 3.24. The van der Waals surface area contributed by atoms with Crippen LogP contribution in [0.15, 0.2) is 55.0 Å². The Kier molecular flexibility index (Phi) is 5.93. The van der Waals surface area contributed by atoms with Gasteiger partial charge in [-0.1, -0.05) is 12.1 Å². The Balaban J connectivity index is 1.40. The zero-order chi connectivity index (χ0) is 22.0. The number of benzene rings is 1. The highest BCUT2D eigenvalue weighted by molar-refractivity contribution is 5.88. The number of amides is 1. The molecule has 0 radical (unpaired) electrons. The molecule has 168 valence electrons. The first-order chi connectivity index (χ1) is 15.7. The molecule has 5 rings (SSSR count). The third-order valence-electron chi connectivity index (χ3n) is 6.77. The van der Waals surface area contributed by atoms with E-state index in [1.165, 1.54) is 12.1 Å². The van der Waals surface area contributed by atoms with E-state index in [2.05, 4.69) is 15.5 Å². The fourth-order valence-corrected chi connectivity index (χ4v) is 5.08. The van der Waals surface area contributed by atoms with Crippen LogP contribution in [0, 0.1) is 11.7 Å². The standard InChI is InChI=1S/C25H28FN3O3/c26-21-4-1-3-20(16-21)25(6-12-31-13-7-25)24(30)29-11-14-32-18-19(17-29)15-22-23-5-2-9-28(23)10-8-27-22/h1-5,8-10,16,19H,6-7,11-15,17-18H2. The fourth-order valence-electron chi connectivity index (χ4n) is 5.08. The second-order valence-corrected chi connectivity index (χ2v) is 8.78. The normalized spacial score (nSPS) is 21.4. The average molecular weight is 438 g/mol. The zero-order valence-corrected chi connectivity index (χ0v) is 18.1. The minimum Gasteiger partial charge on any atom is -0.381 e. The van der Waals surface area contributed by atoms with Gasteiger partial charge in [0.05, 0.1) is 29.8 Å². The van der Waals surface area contributed by atoms with E-state index < -0.39 is 5.41 Å². The van der Waals surface area contributed by atoms with Crippen molar-refractivity contribution in [3.63, 3.8) is 0 Å². The van der Waals surface area contributed by atoms with Crippen molar-refractivity contribution in [3.8, 4) is 0 Å². The molecule has 2 fully saturated rings. The SMILES string of the molecule is O=C(N1CCOCC(Cc2nccn3cccc23)C1)C1(c2cccc(F)c2)CCOCC1. The molecule has 7 heteroatoms. The molecular formula is C25H28FN3O3. The summed E-state index contributed by atoms with van der Waals surface area (Å²) in [7, 11) is 0. The molecule has 3 aromatic rings. The monoisotopic (exact) mass is 437 g/mol. The van der Waals surface area contributed by atoms with Crippen LogP contribution in [-0.4, -0.2) is 59.7 Å². The summed E-state index contributed by atoms with van der Waals surface area (Å²) in [6.45, 7) is 3.21. The van der Waals surface area contributed by atoms with Gasteiger partial charge >= 0.3 is 0 Å². The van der Waals surface area contributed by atoms with Crippen molar-refractivity contribution in [3.05, 3.63) is 72.1 Å². The molecule has 0 bridgehead atoms. The summed E-state index contributed by atoms with van der Waals surface area (Å²) in [6.07, 6.45) is 7.60. The van der Waals surface area contributed by atoms with E-state index in [9.17, 15) is 9.18 Å². The average Bonchev–Trinajstić information content (AvgIpc) is 3.19. The van der Waals surface area contributed by atoms with E-state index in [0.29, 0.717) is 52.4 Å². The van der Waals surface area contributed by atoms with Gasteiger partial charge in [0.2, 0.25) is 5.91 Å². The molecule has 2 aliphatic heterocycles. The van der Waals surface area contributed by atoms with Gasteiger partial charge in [-0.3, -0.25) is 9.78 Å². The molecule has 0 N–H and O–H groups in total. The van der Waals surface area contributed by atoms with Crippen molar-refractivity contribution in [2.24, 2.45) is 5.92 Å². The molecule has 1 amide bonds. The number of carbonyl (C=O) groups is 1. The highest BCUT2D eigenvalue weighted by Crippen LogP contribution is 2.37. The van der Waals surface area contributed by atoms with Crippen molar-refractivity contribution in [2.75, 3.05) is 39.5 Å². The van der Waals surface area contributed by atoms with Gasteiger partial charge in [-0.05, 0) is 49.1 Å². The van der Waals surface area contributed by atoms with Crippen LogP contribution in [0.4, 0.5) is 4.39 Å². The Morgan fingerprint density at radius 1 is 1.12 bits per heavy atom. The molecule has 32 heavy (non-hydrogen) atoms. The number of halogens is 1. The van der Waals surface area contributed by atoms with Crippen molar-refractivity contribution in [1.82, 2.24) is 14.3 Å². The number of rotatable bonds is 4. The minimum absolute atomic E-state index is 0.0516. The molecule has 2 aromatic heterocycles. The first-order valence-electron chi connectivity index (χ1n) is 11.3. The highest BCUT2D eigenvalue weighted by atomic mass is 19.1. The number of carbonyl (C=O) groups excluding carboxylic acids is 1. The second-order valence-electron chi connectivity index (χ2n) is 8.78. The van der Waals surface area contributed by atoms with Gasteiger partial charge in [-0.25, -0.2) is 4.39 Å². The molecule has 0 saturated carbocycles. The Hall–Kier alpha value is -2.77. The van der Waals surface area contributed by atoms with Crippen LogP contribution in [0.25, 0.3) is 5.52 Å². The lowest BCUT2D eigenvalue weighted by atomic mass is 9.72. The number of fused-ring (bicyclic) bond motifs is 1. The van der Waals surface area contributed by atoms with Crippen LogP contribution in [-0.2, 0) is 26.1 Å². The number of aromatic nitrogens is 2. The maximum Gasteiger partial charge on any atom is 0.233 e. The lowest BCUT2D eigenvalue weighted by Crippen LogP contribution is -2.51. The van der Waals surface area contributed by atoms with E-state index in [1.54, 1.807) is 6.07 Å². The van der Waals surface area contributed by atoms with Crippen molar-refractivity contribution in [1.29, 1.82) is 0 Å². The molecule has 6 nitrogen and oxygen atoms in total. The number of ether oxygens (including phenoxy) is 2. The van der Waals surface area contributed by atoms with Crippen LogP contribution in [0.3, 0.4) is 0 Å². The first kappa shape index (κ1) is 21.1. The van der Waals surface area contributed by atoms with Gasteiger partial charge in [-0.15, -0.1) is 0 Å². The largest absolute Gasteiger partial charge is 0.381 e. The van der Waals surface area contributed by atoms with E-state index in [0.717, 1.165) is 23.2 Å². The van der Waals surface area contributed by atoms with Gasteiger partial charge in [-0.2, -0.15) is 0 Å². The van der Waals surface area contributed by atoms with Gasteiger partial charge in [0.15, 0.2) is 0 Å². The van der Waals surface area contributed by atoms with E-state index >= 15 is 0 Å². The summed E-state index contributed by atoms with van der Waals surface area (Å²) in [6, 6.07) is 10.6. The summed E-state index contributed by atoms with van der Waals surface area (Å²) in [5.41, 5.74) is 2.07. The van der Waals surface area contributed by atoms with Gasteiger partial charge in [0.25, 0.3) is 0 Å². The molecule has 0 aliphatic carbocycles. The lowest BCUT2D eigenvalue weighted by molar-refractivity contribution is -0.141. The maximum absolute atomic E-state index is 14.1. The summed E-state index contributed by atoms with van der Waals surface area (Å²) < 4.78 is 27.6. The van der Waals surface area contributed by atoms with E-state index in [-0.39, 0.29) is 17.6 Å². The van der Waals surface area contributed by atoms with Crippen LogP contribution in [0.1, 0.15) is 24.1 Å². The first-order valence-corrected chi connectivity index (χ1v) is 11.3. The van der Waals surface area contributed by atoms with Crippen LogP contribution < -0.4 is 0 Å². The highest BCUT2D eigenvalue weighted by Gasteiger charge is 2.44. The Bertz CT molecular complexity index is 1090. The quantitative estimate of drug-likeness (QED) is 0.629. The smallest absolute Gasteiger partial charge is 0.233 e. The Labute approximate surface area is 187 Å². The van der Waals surface area contributed by atoms with Crippen molar-refractivity contribution in [2.45, 2.75) is 24.7 Å². The Morgan fingerprint density at radius 2 is 2.00 bits per heavy atom. The molecule has 4 heterocycles. The summed E-state index contributed by atoms with van der Waals surface area (Å²) in [5.74, 6) is -0.125. The van der Waals surface area contributed by atoms with E-state index in [1.807, 2.05) is 35.6 Å². The van der Waals surface area contributed by atoms with Gasteiger partial charge in [0, 0.05) is 50.8 Å². The molecular weight excluding hydrogens is 409 g/mol. The Morgan fingerprint density at radius 3 is 2.84 bits per heavy atom. The van der Waals surface area contributed by atoms with Gasteiger partial charge in [0.1, 0.15) is 5.82 Å². The number of hydrogen-bond acceptors (Lipinski definition) is 4. The molecule has 2 aliphatic rings. The van der Waals surface area contributed by atoms with Crippen LogP contribution >= 0.6 is 0 Å². The number of hydrogen-bond donors (Lipinski definition) is 0. The third-order valence-corrected chi connectivity index (χ3v) is 6.77. The summed E-state index contributed by atoms with van der Waals surface area (Å²) in [4.78, 5) is 20.5. The summed E-state index contributed by atoms with van der Waals surface area (Å²) >= 11 is 0. The molecule has 1 atom stereocenters. The molecule has 0 spiro atoms. The summed E-state index contributed by atoms with van der Waals surface area (Å²) in [5, 5.41) is 0. The fraction of sp³-hybridized carbons (Fsp3) is 0.440. The number of nitrogens with zero attached hydrogens (tertiary/aromatic N) is 3. The molecule has 2 saturated heterocycles. The molecule has 1 aromatic carbocycles. The maximum atomic E-state index is 14.1. The van der Waals surface area contributed by atoms with Crippen molar-refractivity contribution < 1.29 is 18.7 Å². The lowest BCUT2D eigenvalue weighted by Gasteiger charge is -2.40. The third kappa shape index (κ3) is 4.02. The predicted molar refractivity (Wildman–Crippen MR) is 118 cm³/mol. The van der Waals surface area contributed by atoms with Crippen LogP contribution in [0.5, 0.6) is 0 Å². The zero-order valence-electron chi connectivity index (χ0n) is 18.1. The van der Waals surface area contributed by atoms with E-state index in [4.69, 9.17) is 9.47 Å². The topological polar surface area (TPSA) is 56.1 Å². The van der Waals surface area contributed by atoms with Gasteiger partial charge < -0.3 is 18.8 Å².